The molecule has 0 fully saturated rings. The van der Waals surface area contributed by atoms with Crippen molar-refractivity contribution in [2.24, 2.45) is 4.99 Å². The maximum Gasteiger partial charge on any atom is 2.00 e. The zero-order valence-corrected chi connectivity index (χ0v) is 24.0. The van der Waals surface area contributed by atoms with Gasteiger partial charge in [-0.05, 0) is 47.8 Å². The van der Waals surface area contributed by atoms with Crippen LogP contribution in [-0.4, -0.2) is 15.7 Å². The molecule has 0 radical (unpaired) electrons. The SMILES string of the molecule is CC(C)(C)c1ccc(C(C)(C)C)c([O-])c1[O-].CCc1cccc(CC)c1N=C(C)c1ncccn1.[Ni+2]. The predicted octanol–water partition coefficient (Wildman–Crippen LogP) is 6.17. The molecule has 3 rings (SSSR count). The van der Waals surface area contributed by atoms with E-state index in [9.17, 15) is 10.2 Å². The summed E-state index contributed by atoms with van der Waals surface area (Å²) in [5.41, 5.74) is 5.15. The molecule has 0 saturated heterocycles. The van der Waals surface area contributed by atoms with Gasteiger partial charge in [0.2, 0.25) is 0 Å². The van der Waals surface area contributed by atoms with Crippen molar-refractivity contribution < 1.29 is 26.7 Å². The minimum atomic E-state index is -0.347. The quantitative estimate of drug-likeness (QED) is 0.297. The molecule has 5 nitrogen and oxygen atoms in total. The molecule has 0 amide bonds. The van der Waals surface area contributed by atoms with Gasteiger partial charge in [0.1, 0.15) is 0 Å². The smallest absolute Gasteiger partial charge is 0.873 e. The van der Waals surface area contributed by atoms with E-state index in [2.05, 4.69) is 42.0 Å². The van der Waals surface area contributed by atoms with Gasteiger partial charge in [0.25, 0.3) is 0 Å². The van der Waals surface area contributed by atoms with E-state index in [-0.39, 0.29) is 38.8 Å². The number of hydrogen-bond donors (Lipinski definition) is 0. The molecule has 0 atom stereocenters. The third kappa shape index (κ3) is 7.89. The van der Waals surface area contributed by atoms with Crippen molar-refractivity contribution in [1.82, 2.24) is 9.97 Å². The van der Waals surface area contributed by atoms with Crippen LogP contribution in [0.4, 0.5) is 5.69 Å². The van der Waals surface area contributed by atoms with Crippen molar-refractivity contribution in [3.8, 4) is 11.5 Å². The Labute approximate surface area is 227 Å². The number of aryl methyl sites for hydroxylation is 2. The molecule has 0 bridgehead atoms. The van der Waals surface area contributed by atoms with Crippen molar-refractivity contribution in [3.63, 3.8) is 0 Å². The van der Waals surface area contributed by atoms with Gasteiger partial charge >= 0.3 is 16.5 Å². The Morgan fingerprint density at radius 3 is 1.53 bits per heavy atom. The van der Waals surface area contributed by atoms with Gasteiger partial charge in [-0.1, -0.05) is 96.8 Å². The Morgan fingerprint density at radius 2 is 1.17 bits per heavy atom. The van der Waals surface area contributed by atoms with Crippen molar-refractivity contribution in [1.29, 1.82) is 0 Å². The number of benzene rings is 2. The second-order valence-corrected chi connectivity index (χ2v) is 10.7. The topological polar surface area (TPSA) is 84.3 Å². The first-order valence-corrected chi connectivity index (χ1v) is 12.3. The number of aliphatic imine (C=N–C) groups is 1. The Hall–Kier alpha value is -2.72. The summed E-state index contributed by atoms with van der Waals surface area (Å²) in [4.78, 5) is 13.3. The van der Waals surface area contributed by atoms with Gasteiger partial charge in [-0.2, -0.15) is 0 Å². The summed E-state index contributed by atoms with van der Waals surface area (Å²) < 4.78 is 0. The summed E-state index contributed by atoms with van der Waals surface area (Å²) in [6.45, 7) is 17.9. The molecule has 196 valence electrons. The number of rotatable bonds is 4. The average molecular weight is 532 g/mol. The number of hydrogen-bond acceptors (Lipinski definition) is 5. The first-order chi connectivity index (χ1) is 16.3. The fraction of sp³-hybridized carbons (Fsp3) is 0.433. The Kier molecular flexibility index (Phi) is 11.3. The van der Waals surface area contributed by atoms with Crippen molar-refractivity contribution in [3.05, 3.63) is 76.9 Å². The van der Waals surface area contributed by atoms with E-state index in [1.807, 2.05) is 54.5 Å². The second-order valence-electron chi connectivity index (χ2n) is 10.7. The third-order valence-electron chi connectivity index (χ3n) is 5.86. The molecule has 36 heavy (non-hydrogen) atoms. The van der Waals surface area contributed by atoms with Crippen LogP contribution in [0.5, 0.6) is 11.5 Å². The molecular formula is C30H39N3NiO2. The Balaban J connectivity index is 0.000000356. The van der Waals surface area contributed by atoms with E-state index < -0.39 is 0 Å². The normalized spacial score (nSPS) is 11.9. The molecule has 0 aliphatic heterocycles. The van der Waals surface area contributed by atoms with Gasteiger partial charge in [0.05, 0.1) is 11.4 Å². The van der Waals surface area contributed by atoms with Crippen LogP contribution in [0.3, 0.4) is 0 Å². The molecule has 1 aromatic heterocycles. The van der Waals surface area contributed by atoms with E-state index in [4.69, 9.17) is 4.99 Å². The van der Waals surface area contributed by atoms with Crippen LogP contribution in [0.25, 0.3) is 0 Å². The predicted molar refractivity (Wildman–Crippen MR) is 142 cm³/mol. The molecule has 0 aliphatic carbocycles. The van der Waals surface area contributed by atoms with Crippen LogP contribution in [0.15, 0.2) is 53.8 Å². The maximum absolute atomic E-state index is 12.0. The van der Waals surface area contributed by atoms with Gasteiger partial charge in [0.15, 0.2) is 5.82 Å². The minimum absolute atomic E-state index is 0. The third-order valence-corrected chi connectivity index (χ3v) is 5.86. The fourth-order valence-electron chi connectivity index (χ4n) is 3.81. The van der Waals surface area contributed by atoms with E-state index in [1.165, 1.54) is 11.1 Å². The van der Waals surface area contributed by atoms with E-state index >= 15 is 0 Å². The van der Waals surface area contributed by atoms with E-state index in [0.29, 0.717) is 17.0 Å². The van der Waals surface area contributed by atoms with Crippen molar-refractivity contribution >= 4 is 11.4 Å². The molecule has 0 spiro atoms. The maximum atomic E-state index is 12.0. The fourth-order valence-corrected chi connectivity index (χ4v) is 3.81. The summed E-state index contributed by atoms with van der Waals surface area (Å²) in [7, 11) is 0. The summed E-state index contributed by atoms with van der Waals surface area (Å²) in [5, 5.41) is 23.9. The molecule has 0 saturated carbocycles. The molecular weight excluding hydrogens is 493 g/mol. The van der Waals surface area contributed by atoms with Crippen LogP contribution >= 0.6 is 0 Å². The van der Waals surface area contributed by atoms with Gasteiger partial charge < -0.3 is 10.2 Å². The van der Waals surface area contributed by atoms with Crippen LogP contribution in [0, 0.1) is 0 Å². The van der Waals surface area contributed by atoms with Crippen molar-refractivity contribution in [2.45, 2.75) is 86.0 Å². The van der Waals surface area contributed by atoms with E-state index in [1.54, 1.807) is 24.5 Å². The number of para-hydroxylation sites is 1. The average Bonchev–Trinajstić information content (AvgIpc) is 2.80. The largest absolute Gasteiger partial charge is 2.00 e. The summed E-state index contributed by atoms with van der Waals surface area (Å²) >= 11 is 0. The van der Waals surface area contributed by atoms with Crippen molar-refractivity contribution in [2.75, 3.05) is 0 Å². The van der Waals surface area contributed by atoms with Gasteiger partial charge in [-0.25, -0.2) is 15.0 Å². The monoisotopic (exact) mass is 531 g/mol. The summed E-state index contributed by atoms with van der Waals surface area (Å²) in [6, 6.07) is 11.8. The number of aromatic nitrogens is 2. The molecule has 2 aromatic carbocycles. The molecule has 6 heteroatoms. The summed E-state index contributed by atoms with van der Waals surface area (Å²) in [6.07, 6.45) is 5.45. The van der Waals surface area contributed by atoms with Crippen LogP contribution in [-0.2, 0) is 40.2 Å². The zero-order valence-electron chi connectivity index (χ0n) is 23.0. The van der Waals surface area contributed by atoms with Crippen LogP contribution in [0.2, 0.25) is 0 Å². The molecule has 1 heterocycles. The first-order valence-electron chi connectivity index (χ1n) is 12.3. The Morgan fingerprint density at radius 1 is 0.750 bits per heavy atom. The summed E-state index contributed by atoms with van der Waals surface area (Å²) in [5.74, 6) is -0.00434. The van der Waals surface area contributed by atoms with Crippen LogP contribution in [0.1, 0.15) is 90.4 Å². The van der Waals surface area contributed by atoms with Gasteiger partial charge in [0, 0.05) is 12.4 Å². The minimum Gasteiger partial charge on any atom is -0.873 e. The van der Waals surface area contributed by atoms with Gasteiger partial charge in [-0.15, -0.1) is 11.5 Å². The standard InChI is InChI=1S/C16H19N3.C14H22O2.Ni/c1-4-13-8-6-9-14(5-2)15(13)19-12(3)16-17-10-7-11-18-16;1-13(2,3)9-7-8-10(14(4,5)6)12(16)11(9)15;/h6-11H,4-5H2,1-3H3;7-8,15-16H,1-6H3;/q;;+2/p-2. The second kappa shape index (κ2) is 13.0. The Bertz CT molecular complexity index is 1100. The van der Waals surface area contributed by atoms with E-state index in [0.717, 1.165) is 24.2 Å². The first kappa shape index (κ1) is 31.3. The zero-order chi connectivity index (χ0) is 26.4. The molecule has 0 aliphatic rings. The molecule has 0 N–H and O–H groups in total. The molecule has 0 unspecified atom stereocenters. The van der Waals surface area contributed by atoms with Gasteiger partial charge in [-0.3, -0.25) is 0 Å². The van der Waals surface area contributed by atoms with Crippen LogP contribution < -0.4 is 10.2 Å². The number of nitrogens with zero attached hydrogens (tertiary/aromatic N) is 3. The molecule has 3 aromatic rings.